The summed E-state index contributed by atoms with van der Waals surface area (Å²) in [5.41, 5.74) is -0.625. The average molecular weight is 328 g/mol. The first-order chi connectivity index (χ1) is 9.24. The molecule has 2 aliphatic heterocycles. The van der Waals surface area contributed by atoms with Crippen LogP contribution in [0.1, 0.15) is 25.7 Å². The molecular weight excluding hydrogens is 312 g/mol. The maximum atomic E-state index is 11.1. The zero-order valence-electron chi connectivity index (χ0n) is 10.7. The van der Waals surface area contributed by atoms with Gasteiger partial charge in [0.1, 0.15) is 0 Å². The molecule has 0 radical (unpaired) electrons. The van der Waals surface area contributed by atoms with Crippen LogP contribution in [0.3, 0.4) is 0 Å². The van der Waals surface area contributed by atoms with E-state index >= 15 is 0 Å². The molecule has 0 aromatic heterocycles. The van der Waals surface area contributed by atoms with E-state index in [2.05, 4.69) is 0 Å². The van der Waals surface area contributed by atoms with Crippen LogP contribution in [0, 0.1) is 10.8 Å². The Balaban J connectivity index is 1.63. The van der Waals surface area contributed by atoms with E-state index in [1.165, 1.54) is 0 Å². The Labute approximate surface area is 118 Å². The summed E-state index contributed by atoms with van der Waals surface area (Å²) < 4.78 is 63.4. The Morgan fingerprint density at radius 1 is 0.550 bits per heavy atom. The number of rotatable bonds is 0. The zero-order valence-corrected chi connectivity index (χ0v) is 12.4. The molecule has 1 saturated carbocycles. The Morgan fingerprint density at radius 2 is 0.800 bits per heavy atom. The smallest absolute Gasteiger partial charge is 0.248 e. The van der Waals surface area contributed by atoms with Crippen molar-refractivity contribution >= 4 is 20.8 Å². The summed E-state index contributed by atoms with van der Waals surface area (Å²) in [5, 5.41) is 0. The highest BCUT2D eigenvalue weighted by Gasteiger charge is 2.49. The molecule has 0 atom stereocenters. The van der Waals surface area contributed by atoms with E-state index in [9.17, 15) is 16.8 Å². The van der Waals surface area contributed by atoms with E-state index in [0.29, 0.717) is 25.7 Å². The largest absolute Gasteiger partial charge is 0.399 e. The normalized spacial score (nSPS) is 34.0. The molecule has 0 bridgehead atoms. The van der Waals surface area contributed by atoms with Gasteiger partial charge in [-0.3, -0.25) is 0 Å². The van der Waals surface area contributed by atoms with E-state index in [1.54, 1.807) is 0 Å². The van der Waals surface area contributed by atoms with Crippen LogP contribution in [0.2, 0.25) is 0 Å². The summed E-state index contributed by atoms with van der Waals surface area (Å²) in [6, 6.07) is 0. The van der Waals surface area contributed by atoms with Crippen LogP contribution in [0.5, 0.6) is 0 Å². The van der Waals surface area contributed by atoms with Crippen molar-refractivity contribution in [3.63, 3.8) is 0 Å². The van der Waals surface area contributed by atoms with E-state index < -0.39 is 20.8 Å². The average Bonchev–Trinajstić information content (AvgIpc) is 2.41. The first-order valence-corrected chi connectivity index (χ1v) is 8.98. The molecule has 1 aliphatic carbocycles. The van der Waals surface area contributed by atoms with Crippen molar-refractivity contribution in [3.05, 3.63) is 0 Å². The van der Waals surface area contributed by atoms with Crippen molar-refractivity contribution in [1.82, 2.24) is 0 Å². The maximum Gasteiger partial charge on any atom is 0.399 e. The molecule has 3 rings (SSSR count). The summed E-state index contributed by atoms with van der Waals surface area (Å²) in [5.74, 6) is 0. The fraction of sp³-hybridized carbons (Fsp3) is 1.00. The third-order valence-corrected chi connectivity index (χ3v) is 6.04. The van der Waals surface area contributed by atoms with Gasteiger partial charge in [0.05, 0.1) is 26.4 Å². The molecule has 3 aliphatic rings. The molecule has 20 heavy (non-hydrogen) atoms. The van der Waals surface area contributed by atoms with E-state index in [-0.39, 0.29) is 37.3 Å². The molecule has 2 saturated heterocycles. The lowest BCUT2D eigenvalue weighted by atomic mass is 9.64. The molecular formula is C10H16O8S2. The third kappa shape index (κ3) is 2.85. The minimum atomic E-state index is -3.84. The number of hydrogen-bond donors (Lipinski definition) is 0. The predicted molar refractivity (Wildman–Crippen MR) is 65.0 cm³/mol. The highest BCUT2D eigenvalue weighted by atomic mass is 32.3. The molecule has 3 fully saturated rings. The minimum Gasteiger partial charge on any atom is -0.248 e. The van der Waals surface area contributed by atoms with Gasteiger partial charge in [0.15, 0.2) is 0 Å². The Kier molecular flexibility index (Phi) is 3.39. The van der Waals surface area contributed by atoms with E-state index in [1.807, 2.05) is 0 Å². The fourth-order valence-corrected chi connectivity index (χ4v) is 4.54. The topological polar surface area (TPSA) is 105 Å². The maximum absolute atomic E-state index is 11.1. The quantitative estimate of drug-likeness (QED) is 0.617. The molecule has 2 heterocycles. The lowest BCUT2D eigenvalue weighted by Crippen LogP contribution is -2.49. The van der Waals surface area contributed by atoms with Gasteiger partial charge in [0.2, 0.25) is 0 Å². The Morgan fingerprint density at radius 3 is 1.05 bits per heavy atom. The molecule has 0 aromatic carbocycles. The highest BCUT2D eigenvalue weighted by Crippen LogP contribution is 2.49. The molecule has 0 aromatic rings. The van der Waals surface area contributed by atoms with Crippen LogP contribution < -0.4 is 0 Å². The summed E-state index contributed by atoms with van der Waals surface area (Å²) in [7, 11) is -7.67. The Hall–Kier alpha value is -0.260. The van der Waals surface area contributed by atoms with Gasteiger partial charge in [-0.15, -0.1) is 0 Å². The molecule has 10 heteroatoms. The van der Waals surface area contributed by atoms with Crippen molar-refractivity contribution in [1.29, 1.82) is 0 Å². The molecule has 8 nitrogen and oxygen atoms in total. The van der Waals surface area contributed by atoms with Crippen LogP contribution in [0.25, 0.3) is 0 Å². The van der Waals surface area contributed by atoms with Crippen LogP contribution in [-0.4, -0.2) is 43.3 Å². The van der Waals surface area contributed by atoms with Crippen LogP contribution in [-0.2, 0) is 37.5 Å². The van der Waals surface area contributed by atoms with Gasteiger partial charge in [-0.25, -0.2) is 16.7 Å². The monoisotopic (exact) mass is 328 g/mol. The van der Waals surface area contributed by atoms with Gasteiger partial charge >= 0.3 is 20.8 Å². The van der Waals surface area contributed by atoms with Crippen LogP contribution in [0.4, 0.5) is 0 Å². The van der Waals surface area contributed by atoms with E-state index in [0.717, 1.165) is 0 Å². The minimum absolute atomic E-state index is 0.116. The Bertz CT molecular complexity index is 499. The van der Waals surface area contributed by atoms with Crippen molar-refractivity contribution < 1.29 is 33.6 Å². The summed E-state index contributed by atoms with van der Waals surface area (Å²) in [6.07, 6.45) is 2.76. The lowest BCUT2D eigenvalue weighted by molar-refractivity contribution is -0.0684. The van der Waals surface area contributed by atoms with Crippen LogP contribution >= 0.6 is 0 Å². The van der Waals surface area contributed by atoms with Crippen molar-refractivity contribution in [2.45, 2.75) is 25.7 Å². The van der Waals surface area contributed by atoms with Gasteiger partial charge < -0.3 is 0 Å². The summed E-state index contributed by atoms with van der Waals surface area (Å²) >= 11 is 0. The third-order valence-electron chi connectivity index (χ3n) is 4.41. The fourth-order valence-electron chi connectivity index (χ4n) is 2.83. The van der Waals surface area contributed by atoms with Gasteiger partial charge in [0.25, 0.3) is 0 Å². The standard InChI is InChI=1S/C10H16O8S2/c11-19(12)15-5-9(6-16-19)1-2-10(4-3-9)7-17-20(13,14)18-8-10/h1-8H2. The first kappa shape index (κ1) is 14.7. The van der Waals surface area contributed by atoms with Gasteiger partial charge in [-0.1, -0.05) is 0 Å². The molecule has 0 amide bonds. The van der Waals surface area contributed by atoms with Gasteiger partial charge in [-0.05, 0) is 25.7 Å². The second-order valence-electron chi connectivity index (χ2n) is 5.87. The molecule has 116 valence electrons. The molecule has 2 spiro atoms. The highest BCUT2D eigenvalue weighted by molar-refractivity contribution is 7.82. The second kappa shape index (κ2) is 4.62. The lowest BCUT2D eigenvalue weighted by Gasteiger charge is -2.47. The molecule has 0 unspecified atom stereocenters. The number of hydrogen-bond acceptors (Lipinski definition) is 8. The van der Waals surface area contributed by atoms with Gasteiger partial charge in [-0.2, -0.15) is 16.8 Å². The first-order valence-electron chi connectivity index (χ1n) is 6.32. The summed E-state index contributed by atoms with van der Waals surface area (Å²) in [4.78, 5) is 0. The van der Waals surface area contributed by atoms with Gasteiger partial charge in [0, 0.05) is 10.8 Å². The van der Waals surface area contributed by atoms with Crippen molar-refractivity contribution in [2.24, 2.45) is 10.8 Å². The van der Waals surface area contributed by atoms with Crippen LogP contribution in [0.15, 0.2) is 0 Å². The summed E-state index contributed by atoms with van der Waals surface area (Å²) in [6.45, 7) is 0.466. The second-order valence-corrected chi connectivity index (χ2v) is 8.44. The zero-order chi connectivity index (χ0) is 14.5. The van der Waals surface area contributed by atoms with Crippen molar-refractivity contribution in [2.75, 3.05) is 26.4 Å². The SMILES string of the molecule is O=S1(=O)OCC2(CCC3(CC2)COS(=O)(=O)OC3)CO1. The van der Waals surface area contributed by atoms with E-state index in [4.69, 9.17) is 16.7 Å². The van der Waals surface area contributed by atoms with Crippen molar-refractivity contribution in [3.8, 4) is 0 Å². The predicted octanol–water partition coefficient (Wildman–Crippen LogP) is 0.116. The molecule has 0 N–H and O–H groups in total.